The van der Waals surface area contributed by atoms with Gasteiger partial charge in [-0.2, -0.15) is 0 Å². The summed E-state index contributed by atoms with van der Waals surface area (Å²) in [6.45, 7) is 0.437. The van der Waals surface area contributed by atoms with Crippen LogP contribution in [-0.2, 0) is 20.4 Å². The van der Waals surface area contributed by atoms with E-state index in [1.165, 1.54) is 57.9 Å². The first-order chi connectivity index (χ1) is 18.2. The Bertz CT molecular complexity index is 1520. The molecule has 1 saturated heterocycles. The maximum atomic E-state index is 14.7. The molecule has 10 nitrogen and oxygen atoms in total. The standard InChI is InChI=1S/C26H26ClN3O7S/c1-35-18-7-9-23(22(14-18)36-2)38(33,34)30-21-8-6-16(27)13-20(21)26(25(30)32,29-12-10-17(31)15-29)19-5-4-11-28-24(19)37-3/h4-9,11,13-14,17,31H,10,12,15H2,1-3H3. The zero-order valence-corrected chi connectivity index (χ0v) is 22.5. The molecule has 38 heavy (non-hydrogen) atoms. The molecule has 0 saturated carbocycles. The smallest absolute Gasteiger partial charge is 0.274 e. The van der Waals surface area contributed by atoms with Crippen molar-refractivity contribution in [3.05, 3.63) is 70.9 Å². The number of halogens is 1. The highest BCUT2D eigenvalue weighted by Crippen LogP contribution is 2.53. The number of carbonyl (C=O) groups is 1. The van der Waals surface area contributed by atoms with Crippen LogP contribution in [0.15, 0.2) is 59.6 Å². The largest absolute Gasteiger partial charge is 0.497 e. The number of hydrogen-bond acceptors (Lipinski definition) is 9. The number of amides is 1. The molecular weight excluding hydrogens is 534 g/mol. The number of ether oxygens (including phenoxy) is 3. The molecule has 3 heterocycles. The molecule has 0 bridgehead atoms. The van der Waals surface area contributed by atoms with E-state index in [0.717, 1.165) is 4.31 Å². The monoisotopic (exact) mass is 559 g/mol. The molecule has 3 aromatic rings. The number of sulfonamides is 1. The van der Waals surface area contributed by atoms with E-state index < -0.39 is 27.6 Å². The lowest BCUT2D eigenvalue weighted by molar-refractivity contribution is -0.126. The number of nitrogens with zero attached hydrogens (tertiary/aromatic N) is 3. The third-order valence-electron chi connectivity index (χ3n) is 6.94. The Morgan fingerprint density at radius 3 is 2.50 bits per heavy atom. The Morgan fingerprint density at radius 2 is 1.84 bits per heavy atom. The van der Waals surface area contributed by atoms with Crippen molar-refractivity contribution in [2.75, 3.05) is 38.7 Å². The van der Waals surface area contributed by atoms with E-state index in [2.05, 4.69) is 4.98 Å². The molecule has 2 aliphatic heterocycles. The Labute approximate surface area is 225 Å². The van der Waals surface area contributed by atoms with Crippen molar-refractivity contribution in [1.82, 2.24) is 9.88 Å². The molecule has 0 radical (unpaired) electrons. The summed E-state index contributed by atoms with van der Waals surface area (Å²) >= 11 is 6.43. The van der Waals surface area contributed by atoms with Crippen molar-refractivity contribution >= 4 is 33.2 Å². The number of aromatic nitrogens is 1. The lowest BCUT2D eigenvalue weighted by atomic mass is 9.82. The molecule has 1 fully saturated rings. The second-order valence-electron chi connectivity index (χ2n) is 8.91. The van der Waals surface area contributed by atoms with Gasteiger partial charge in [0.05, 0.1) is 33.1 Å². The Kier molecular flexibility index (Phi) is 6.72. The van der Waals surface area contributed by atoms with Gasteiger partial charge in [0.2, 0.25) is 5.88 Å². The number of likely N-dealkylation sites (tertiary alicyclic amines) is 1. The quantitative estimate of drug-likeness (QED) is 0.466. The second kappa shape index (κ2) is 9.73. The topological polar surface area (TPSA) is 119 Å². The first-order valence-electron chi connectivity index (χ1n) is 11.7. The summed E-state index contributed by atoms with van der Waals surface area (Å²) in [5, 5.41) is 10.8. The van der Waals surface area contributed by atoms with Gasteiger partial charge in [0.25, 0.3) is 15.9 Å². The number of fused-ring (bicyclic) bond motifs is 1. The van der Waals surface area contributed by atoms with Gasteiger partial charge in [0, 0.05) is 41.5 Å². The van der Waals surface area contributed by atoms with Gasteiger partial charge in [-0.15, -0.1) is 0 Å². The van der Waals surface area contributed by atoms with Crippen LogP contribution in [0.5, 0.6) is 17.4 Å². The predicted octanol–water partition coefficient (Wildman–Crippen LogP) is 2.81. The van der Waals surface area contributed by atoms with Crippen LogP contribution in [0.25, 0.3) is 0 Å². The first-order valence-corrected chi connectivity index (χ1v) is 13.6. The van der Waals surface area contributed by atoms with Crippen LogP contribution >= 0.6 is 11.6 Å². The molecule has 0 spiro atoms. The van der Waals surface area contributed by atoms with Gasteiger partial charge in [-0.05, 0) is 48.9 Å². The number of aliphatic hydroxyl groups excluding tert-OH is 1. The number of pyridine rings is 1. The van der Waals surface area contributed by atoms with Crippen molar-refractivity contribution in [3.63, 3.8) is 0 Å². The fourth-order valence-electron chi connectivity index (χ4n) is 5.28. The molecule has 0 aliphatic carbocycles. The minimum absolute atomic E-state index is 0.0146. The molecule has 2 aliphatic rings. The van der Waals surface area contributed by atoms with E-state index in [1.54, 1.807) is 23.1 Å². The first kappa shape index (κ1) is 26.2. The number of anilines is 1. The summed E-state index contributed by atoms with van der Waals surface area (Å²) in [7, 11) is -0.301. The highest BCUT2D eigenvalue weighted by Gasteiger charge is 2.61. The van der Waals surface area contributed by atoms with Gasteiger partial charge in [-0.3, -0.25) is 9.69 Å². The number of methoxy groups -OCH3 is 3. The third kappa shape index (κ3) is 3.80. The van der Waals surface area contributed by atoms with Crippen LogP contribution < -0.4 is 18.5 Å². The highest BCUT2D eigenvalue weighted by atomic mass is 35.5. The summed E-state index contributed by atoms with van der Waals surface area (Å²) in [5.74, 6) is -0.218. The van der Waals surface area contributed by atoms with Crippen LogP contribution in [0.2, 0.25) is 5.02 Å². The maximum absolute atomic E-state index is 14.7. The predicted molar refractivity (Wildman–Crippen MR) is 139 cm³/mol. The summed E-state index contributed by atoms with van der Waals surface area (Å²) in [4.78, 5) is 20.6. The van der Waals surface area contributed by atoms with Gasteiger partial charge in [0.15, 0.2) is 5.54 Å². The number of β-amino-alcohol motifs (C(OH)–C–C–N with tert-alkyl or cyclic N) is 1. The number of rotatable bonds is 7. The Morgan fingerprint density at radius 1 is 1.05 bits per heavy atom. The maximum Gasteiger partial charge on any atom is 0.274 e. The SMILES string of the molecule is COc1ccc(S(=O)(=O)N2C(=O)C(c3cccnc3OC)(N3CCC(O)C3)c3cc(Cl)ccc32)c(OC)c1. The number of benzene rings is 2. The number of hydrogen-bond donors (Lipinski definition) is 1. The summed E-state index contributed by atoms with van der Waals surface area (Å²) in [6.07, 6.45) is 1.20. The van der Waals surface area contributed by atoms with Crippen molar-refractivity contribution in [1.29, 1.82) is 0 Å². The van der Waals surface area contributed by atoms with Gasteiger partial charge >= 0.3 is 0 Å². The van der Waals surface area contributed by atoms with E-state index in [0.29, 0.717) is 34.9 Å². The Balaban J connectivity index is 1.82. The zero-order chi connectivity index (χ0) is 27.2. The van der Waals surface area contributed by atoms with Crippen molar-refractivity contribution < 1.29 is 32.5 Å². The minimum atomic E-state index is -4.51. The van der Waals surface area contributed by atoms with E-state index in [-0.39, 0.29) is 28.8 Å². The van der Waals surface area contributed by atoms with Crippen LogP contribution in [-0.4, -0.2) is 69.8 Å². The Hall–Kier alpha value is -3.38. The van der Waals surface area contributed by atoms with E-state index in [1.807, 2.05) is 0 Å². The fourth-order valence-corrected chi connectivity index (χ4v) is 7.06. The molecule has 1 amide bonds. The molecule has 1 N–H and O–H groups in total. The highest BCUT2D eigenvalue weighted by molar-refractivity contribution is 7.93. The lowest BCUT2D eigenvalue weighted by Gasteiger charge is -2.38. The van der Waals surface area contributed by atoms with Crippen molar-refractivity contribution in [3.8, 4) is 17.4 Å². The lowest BCUT2D eigenvalue weighted by Crippen LogP contribution is -2.54. The van der Waals surface area contributed by atoms with Gasteiger partial charge < -0.3 is 19.3 Å². The normalized spacial score (nSPS) is 21.4. The summed E-state index contributed by atoms with van der Waals surface area (Å²) in [5.41, 5.74) is -0.884. The van der Waals surface area contributed by atoms with Crippen molar-refractivity contribution in [2.24, 2.45) is 0 Å². The summed E-state index contributed by atoms with van der Waals surface area (Å²) in [6, 6.07) is 12.2. The van der Waals surface area contributed by atoms with E-state index in [9.17, 15) is 18.3 Å². The average Bonchev–Trinajstić information content (AvgIpc) is 3.46. The van der Waals surface area contributed by atoms with Gasteiger partial charge in [-0.25, -0.2) is 17.7 Å². The van der Waals surface area contributed by atoms with Crippen LogP contribution in [0, 0.1) is 0 Å². The summed E-state index contributed by atoms with van der Waals surface area (Å²) < 4.78 is 45.4. The minimum Gasteiger partial charge on any atom is -0.497 e. The number of aliphatic hydroxyl groups is 1. The van der Waals surface area contributed by atoms with E-state index in [4.69, 9.17) is 25.8 Å². The molecule has 2 aromatic carbocycles. The molecule has 12 heteroatoms. The van der Waals surface area contributed by atoms with Crippen LogP contribution in [0.4, 0.5) is 5.69 Å². The van der Waals surface area contributed by atoms with E-state index >= 15 is 0 Å². The van der Waals surface area contributed by atoms with Crippen molar-refractivity contribution in [2.45, 2.75) is 23.0 Å². The molecule has 2 unspecified atom stereocenters. The molecular formula is C26H26ClN3O7S. The van der Waals surface area contributed by atoms with Gasteiger partial charge in [0.1, 0.15) is 16.4 Å². The number of carbonyl (C=O) groups excluding carboxylic acids is 1. The zero-order valence-electron chi connectivity index (χ0n) is 20.9. The molecule has 1 aromatic heterocycles. The second-order valence-corrected chi connectivity index (χ2v) is 11.1. The average molecular weight is 560 g/mol. The van der Waals surface area contributed by atoms with Gasteiger partial charge in [-0.1, -0.05) is 11.6 Å². The fraction of sp³-hybridized carbons (Fsp3) is 0.308. The molecule has 200 valence electrons. The van der Waals surface area contributed by atoms with Crippen LogP contribution in [0.3, 0.4) is 0 Å². The van der Waals surface area contributed by atoms with Crippen LogP contribution in [0.1, 0.15) is 17.5 Å². The molecule has 5 rings (SSSR count). The third-order valence-corrected chi connectivity index (χ3v) is 8.91. The molecule has 2 atom stereocenters.